The third-order valence-corrected chi connectivity index (χ3v) is 5.44. The standard InChI is InChI=1S/C13H19BrN2O3S/c1-19-13-6-5-11(8-12(13)14)20(17,18)16-10-4-2-3-7-15-9-10/h5-6,8,10,15-16H,2-4,7,9H2,1H3. The second-order valence-electron chi connectivity index (χ2n) is 4.81. The normalized spacial score (nSPS) is 20.4. The van der Waals surface area contributed by atoms with Gasteiger partial charge in [0, 0.05) is 12.6 Å². The molecule has 1 atom stereocenters. The van der Waals surface area contributed by atoms with E-state index in [1.165, 1.54) is 0 Å². The van der Waals surface area contributed by atoms with E-state index >= 15 is 0 Å². The van der Waals surface area contributed by atoms with Gasteiger partial charge in [-0.05, 0) is 53.5 Å². The molecule has 1 heterocycles. The minimum Gasteiger partial charge on any atom is -0.496 e. The Kier molecular flexibility index (Phi) is 5.42. The largest absolute Gasteiger partial charge is 0.496 e. The van der Waals surface area contributed by atoms with Crippen molar-refractivity contribution in [2.24, 2.45) is 0 Å². The Labute approximate surface area is 128 Å². The van der Waals surface area contributed by atoms with Crippen LogP contribution in [0.1, 0.15) is 19.3 Å². The quantitative estimate of drug-likeness (QED) is 0.857. The summed E-state index contributed by atoms with van der Waals surface area (Å²) in [6.45, 7) is 1.63. The van der Waals surface area contributed by atoms with Gasteiger partial charge in [0.2, 0.25) is 10.0 Å². The minimum atomic E-state index is -3.50. The molecular formula is C13H19BrN2O3S. The fourth-order valence-corrected chi connectivity index (χ4v) is 4.21. The SMILES string of the molecule is COc1ccc(S(=O)(=O)NC2CCCCNC2)cc1Br. The number of hydrogen-bond acceptors (Lipinski definition) is 4. The van der Waals surface area contributed by atoms with E-state index in [9.17, 15) is 8.42 Å². The maximum absolute atomic E-state index is 12.4. The fourth-order valence-electron chi connectivity index (χ4n) is 2.22. The molecule has 7 heteroatoms. The zero-order chi connectivity index (χ0) is 14.6. The topological polar surface area (TPSA) is 67.4 Å². The Balaban J connectivity index is 2.15. The number of rotatable bonds is 4. The second-order valence-corrected chi connectivity index (χ2v) is 7.38. The molecule has 0 bridgehead atoms. The van der Waals surface area contributed by atoms with Crippen LogP contribution in [0.2, 0.25) is 0 Å². The summed E-state index contributed by atoms with van der Waals surface area (Å²) in [5.74, 6) is 0.611. The highest BCUT2D eigenvalue weighted by atomic mass is 79.9. The summed E-state index contributed by atoms with van der Waals surface area (Å²) in [6.07, 6.45) is 2.99. The molecule has 0 aliphatic carbocycles. The molecule has 0 aromatic heterocycles. The Morgan fingerprint density at radius 2 is 2.20 bits per heavy atom. The lowest BCUT2D eigenvalue weighted by atomic mass is 10.2. The van der Waals surface area contributed by atoms with Crippen LogP contribution < -0.4 is 14.8 Å². The van der Waals surface area contributed by atoms with Crippen molar-refractivity contribution >= 4 is 26.0 Å². The van der Waals surface area contributed by atoms with E-state index in [-0.39, 0.29) is 10.9 Å². The van der Waals surface area contributed by atoms with E-state index in [0.29, 0.717) is 16.8 Å². The summed E-state index contributed by atoms with van der Waals surface area (Å²) in [5.41, 5.74) is 0. The monoisotopic (exact) mass is 362 g/mol. The van der Waals surface area contributed by atoms with Crippen LogP contribution in [0.25, 0.3) is 0 Å². The molecule has 5 nitrogen and oxygen atoms in total. The van der Waals surface area contributed by atoms with Gasteiger partial charge in [-0.25, -0.2) is 13.1 Å². The Morgan fingerprint density at radius 3 is 2.90 bits per heavy atom. The van der Waals surface area contributed by atoms with Crippen LogP contribution in [0.15, 0.2) is 27.6 Å². The maximum Gasteiger partial charge on any atom is 0.240 e. The average molecular weight is 363 g/mol. The van der Waals surface area contributed by atoms with Gasteiger partial charge in [-0.3, -0.25) is 0 Å². The molecule has 112 valence electrons. The molecule has 1 aliphatic heterocycles. The van der Waals surface area contributed by atoms with Crippen molar-refractivity contribution in [2.75, 3.05) is 20.2 Å². The van der Waals surface area contributed by atoms with Crippen LogP contribution in [0.4, 0.5) is 0 Å². The van der Waals surface area contributed by atoms with Crippen LogP contribution in [0, 0.1) is 0 Å². The van der Waals surface area contributed by atoms with Crippen LogP contribution in [-0.2, 0) is 10.0 Å². The van der Waals surface area contributed by atoms with Crippen LogP contribution in [0.3, 0.4) is 0 Å². The molecule has 1 aromatic carbocycles. The molecule has 1 aromatic rings. The van der Waals surface area contributed by atoms with Crippen molar-refractivity contribution in [1.29, 1.82) is 0 Å². The lowest BCUT2D eigenvalue weighted by molar-refractivity contribution is 0.411. The molecule has 1 aliphatic rings. The Morgan fingerprint density at radius 1 is 1.40 bits per heavy atom. The van der Waals surface area contributed by atoms with E-state index in [1.807, 2.05) is 0 Å². The third-order valence-electron chi connectivity index (χ3n) is 3.30. The zero-order valence-corrected chi connectivity index (χ0v) is 13.8. The molecule has 0 amide bonds. The summed E-state index contributed by atoms with van der Waals surface area (Å²) in [6, 6.07) is 4.70. The number of sulfonamides is 1. The lowest BCUT2D eigenvalue weighted by Crippen LogP contribution is -2.40. The maximum atomic E-state index is 12.4. The molecule has 20 heavy (non-hydrogen) atoms. The molecule has 0 radical (unpaired) electrons. The fraction of sp³-hybridized carbons (Fsp3) is 0.538. The van der Waals surface area contributed by atoms with Crippen molar-refractivity contribution in [1.82, 2.24) is 10.0 Å². The van der Waals surface area contributed by atoms with Crippen molar-refractivity contribution in [2.45, 2.75) is 30.2 Å². The molecule has 1 unspecified atom stereocenters. The van der Waals surface area contributed by atoms with Gasteiger partial charge in [0.25, 0.3) is 0 Å². The van der Waals surface area contributed by atoms with Crippen LogP contribution in [0.5, 0.6) is 5.75 Å². The summed E-state index contributed by atoms with van der Waals surface area (Å²) in [4.78, 5) is 0.245. The van der Waals surface area contributed by atoms with Gasteiger partial charge in [0.05, 0.1) is 16.5 Å². The van der Waals surface area contributed by atoms with Gasteiger partial charge in [-0.2, -0.15) is 0 Å². The van der Waals surface area contributed by atoms with Crippen LogP contribution in [-0.4, -0.2) is 34.7 Å². The molecule has 2 rings (SSSR count). The first kappa shape index (κ1) is 15.8. The van der Waals surface area contributed by atoms with Crippen molar-refractivity contribution < 1.29 is 13.2 Å². The summed E-state index contributed by atoms with van der Waals surface area (Å²) >= 11 is 3.31. The first-order valence-corrected chi connectivity index (χ1v) is 8.87. The number of halogens is 1. The smallest absolute Gasteiger partial charge is 0.240 e. The van der Waals surface area contributed by atoms with Crippen molar-refractivity contribution in [3.05, 3.63) is 22.7 Å². The van der Waals surface area contributed by atoms with Gasteiger partial charge in [-0.1, -0.05) is 6.42 Å². The summed E-state index contributed by atoms with van der Waals surface area (Å²) in [5, 5.41) is 3.24. The van der Waals surface area contributed by atoms with Crippen molar-refractivity contribution in [3.8, 4) is 5.75 Å². The van der Waals surface area contributed by atoms with Gasteiger partial charge in [0.15, 0.2) is 0 Å². The molecule has 2 N–H and O–H groups in total. The Bertz CT molecular complexity index is 555. The van der Waals surface area contributed by atoms with E-state index in [2.05, 4.69) is 26.0 Å². The van der Waals surface area contributed by atoms with E-state index in [0.717, 1.165) is 25.8 Å². The molecular weight excluding hydrogens is 344 g/mol. The van der Waals surface area contributed by atoms with Gasteiger partial charge in [-0.15, -0.1) is 0 Å². The van der Waals surface area contributed by atoms with Crippen molar-refractivity contribution in [3.63, 3.8) is 0 Å². The lowest BCUT2D eigenvalue weighted by Gasteiger charge is -2.17. The second kappa shape index (κ2) is 6.89. The number of ether oxygens (including phenoxy) is 1. The number of benzene rings is 1. The number of methoxy groups -OCH3 is 1. The highest BCUT2D eigenvalue weighted by Crippen LogP contribution is 2.27. The predicted octanol–water partition coefficient (Wildman–Crippen LogP) is 1.88. The highest BCUT2D eigenvalue weighted by molar-refractivity contribution is 9.10. The molecule has 0 spiro atoms. The predicted molar refractivity (Wildman–Crippen MR) is 81.5 cm³/mol. The molecule has 1 fully saturated rings. The van der Waals surface area contributed by atoms with E-state index in [1.54, 1.807) is 25.3 Å². The van der Waals surface area contributed by atoms with E-state index < -0.39 is 10.0 Å². The molecule has 1 saturated heterocycles. The number of nitrogens with one attached hydrogen (secondary N) is 2. The first-order valence-electron chi connectivity index (χ1n) is 6.59. The van der Waals surface area contributed by atoms with Gasteiger partial charge >= 0.3 is 0 Å². The third kappa shape index (κ3) is 3.94. The highest BCUT2D eigenvalue weighted by Gasteiger charge is 2.21. The Hall–Kier alpha value is -0.630. The van der Waals surface area contributed by atoms with Gasteiger partial charge in [0.1, 0.15) is 5.75 Å². The van der Waals surface area contributed by atoms with E-state index in [4.69, 9.17) is 4.74 Å². The number of hydrogen-bond donors (Lipinski definition) is 2. The van der Waals surface area contributed by atoms with Crippen LogP contribution >= 0.6 is 15.9 Å². The summed E-state index contributed by atoms with van der Waals surface area (Å²) in [7, 11) is -1.95. The first-order chi connectivity index (χ1) is 9.53. The molecule has 0 saturated carbocycles. The minimum absolute atomic E-state index is 0.0524. The zero-order valence-electron chi connectivity index (χ0n) is 11.4. The van der Waals surface area contributed by atoms with Gasteiger partial charge < -0.3 is 10.1 Å². The summed E-state index contributed by atoms with van der Waals surface area (Å²) < 4.78 is 33.2. The average Bonchev–Trinajstić information content (AvgIpc) is 2.66.